The molecule has 1 aromatic carbocycles. The minimum Gasteiger partial charge on any atom is -0.313 e. The van der Waals surface area contributed by atoms with Gasteiger partial charge in [0, 0.05) is 23.6 Å². The molecule has 0 aliphatic carbocycles. The maximum Gasteiger partial charge on any atom is 0.0231 e. The van der Waals surface area contributed by atoms with Crippen LogP contribution in [0.25, 0.3) is 0 Å². The molecular formula is C15H23BrN2. The monoisotopic (exact) mass is 310 g/mol. The molecule has 0 bridgehead atoms. The molecule has 100 valence electrons. The van der Waals surface area contributed by atoms with Gasteiger partial charge in [0.25, 0.3) is 0 Å². The van der Waals surface area contributed by atoms with Crippen LogP contribution < -0.4 is 5.32 Å². The molecule has 1 aliphatic rings. The summed E-state index contributed by atoms with van der Waals surface area (Å²) in [6, 6.07) is 9.30. The summed E-state index contributed by atoms with van der Waals surface area (Å²) in [7, 11) is 2.22. The largest absolute Gasteiger partial charge is 0.313 e. The van der Waals surface area contributed by atoms with E-state index in [1.807, 2.05) is 0 Å². The minimum absolute atomic E-state index is 0.674. The maximum absolute atomic E-state index is 3.66. The van der Waals surface area contributed by atoms with E-state index in [0.717, 1.165) is 17.6 Å². The number of hydrogen-bond acceptors (Lipinski definition) is 2. The SMILES string of the molecule is CN(Cc1ccc(Br)cc1)CC1CCCCCN1. The number of nitrogens with zero attached hydrogens (tertiary/aromatic N) is 1. The molecule has 1 atom stereocenters. The van der Waals surface area contributed by atoms with Crippen molar-refractivity contribution >= 4 is 15.9 Å². The van der Waals surface area contributed by atoms with Crippen molar-refractivity contribution in [3.8, 4) is 0 Å². The predicted molar refractivity (Wildman–Crippen MR) is 80.7 cm³/mol. The lowest BCUT2D eigenvalue weighted by atomic mass is 10.1. The van der Waals surface area contributed by atoms with Crippen molar-refractivity contribution in [2.45, 2.75) is 38.3 Å². The number of benzene rings is 1. The van der Waals surface area contributed by atoms with E-state index in [1.165, 1.54) is 37.8 Å². The quantitative estimate of drug-likeness (QED) is 0.917. The van der Waals surface area contributed by atoms with Crippen molar-refractivity contribution in [2.75, 3.05) is 20.1 Å². The van der Waals surface area contributed by atoms with Gasteiger partial charge in [-0.1, -0.05) is 40.9 Å². The Balaban J connectivity index is 1.80. The van der Waals surface area contributed by atoms with Crippen LogP contribution in [0.5, 0.6) is 0 Å². The first-order valence-corrected chi connectivity index (χ1v) is 7.70. The molecule has 2 rings (SSSR count). The number of hydrogen-bond donors (Lipinski definition) is 1. The molecule has 1 aliphatic heterocycles. The van der Waals surface area contributed by atoms with Crippen LogP contribution in [0.2, 0.25) is 0 Å². The van der Waals surface area contributed by atoms with Crippen LogP contribution >= 0.6 is 15.9 Å². The highest BCUT2D eigenvalue weighted by Gasteiger charge is 2.13. The zero-order valence-electron chi connectivity index (χ0n) is 11.2. The van der Waals surface area contributed by atoms with E-state index in [9.17, 15) is 0 Å². The normalized spacial score (nSPS) is 20.9. The fourth-order valence-electron chi connectivity index (χ4n) is 2.60. The lowest BCUT2D eigenvalue weighted by Crippen LogP contribution is -2.38. The summed E-state index contributed by atoms with van der Waals surface area (Å²) in [5.41, 5.74) is 1.38. The first kappa shape index (κ1) is 14.0. The highest BCUT2D eigenvalue weighted by Crippen LogP contribution is 2.13. The number of halogens is 1. The second-order valence-corrected chi connectivity index (χ2v) is 6.24. The van der Waals surface area contributed by atoms with Crippen LogP contribution in [-0.2, 0) is 6.54 Å². The van der Waals surface area contributed by atoms with Crippen LogP contribution in [0.1, 0.15) is 31.2 Å². The smallest absolute Gasteiger partial charge is 0.0231 e. The van der Waals surface area contributed by atoms with Gasteiger partial charge >= 0.3 is 0 Å². The van der Waals surface area contributed by atoms with Crippen molar-refractivity contribution < 1.29 is 0 Å². The third-order valence-corrected chi connectivity index (χ3v) is 4.09. The molecule has 1 N–H and O–H groups in total. The summed E-state index contributed by atoms with van der Waals surface area (Å²) in [6.07, 6.45) is 5.43. The average molecular weight is 311 g/mol. The van der Waals surface area contributed by atoms with Gasteiger partial charge < -0.3 is 10.2 Å². The van der Waals surface area contributed by atoms with Gasteiger partial charge in [-0.25, -0.2) is 0 Å². The Kier molecular flexibility index (Phi) is 5.67. The van der Waals surface area contributed by atoms with Crippen LogP contribution in [0.4, 0.5) is 0 Å². The van der Waals surface area contributed by atoms with E-state index < -0.39 is 0 Å². The highest BCUT2D eigenvalue weighted by atomic mass is 79.9. The Morgan fingerprint density at radius 2 is 2.00 bits per heavy atom. The van der Waals surface area contributed by atoms with Crippen LogP contribution in [0.15, 0.2) is 28.7 Å². The molecule has 1 saturated heterocycles. The van der Waals surface area contributed by atoms with Crippen molar-refractivity contribution in [1.29, 1.82) is 0 Å². The second kappa shape index (κ2) is 7.27. The molecular weight excluding hydrogens is 288 g/mol. The molecule has 0 radical (unpaired) electrons. The first-order chi connectivity index (χ1) is 8.74. The highest BCUT2D eigenvalue weighted by molar-refractivity contribution is 9.10. The topological polar surface area (TPSA) is 15.3 Å². The van der Waals surface area contributed by atoms with Crippen LogP contribution in [-0.4, -0.2) is 31.1 Å². The molecule has 1 unspecified atom stereocenters. The Labute approximate surface area is 119 Å². The van der Waals surface area contributed by atoms with E-state index in [0.29, 0.717) is 6.04 Å². The summed E-state index contributed by atoms with van der Waals surface area (Å²) in [5.74, 6) is 0. The lowest BCUT2D eigenvalue weighted by Gasteiger charge is -2.23. The average Bonchev–Trinajstić information content (AvgIpc) is 2.61. The molecule has 18 heavy (non-hydrogen) atoms. The van der Waals surface area contributed by atoms with E-state index in [2.05, 4.69) is 57.5 Å². The van der Waals surface area contributed by atoms with Crippen LogP contribution in [0.3, 0.4) is 0 Å². The third-order valence-electron chi connectivity index (χ3n) is 3.56. The van der Waals surface area contributed by atoms with Gasteiger partial charge in [-0.15, -0.1) is 0 Å². The van der Waals surface area contributed by atoms with Gasteiger partial charge in [0.15, 0.2) is 0 Å². The van der Waals surface area contributed by atoms with Crippen molar-refractivity contribution in [1.82, 2.24) is 10.2 Å². The molecule has 1 heterocycles. The number of nitrogens with one attached hydrogen (secondary N) is 1. The number of rotatable bonds is 4. The summed E-state index contributed by atoms with van der Waals surface area (Å²) in [6.45, 7) is 3.37. The number of likely N-dealkylation sites (N-methyl/N-ethyl adjacent to an activating group) is 1. The van der Waals surface area contributed by atoms with Gasteiger partial charge in [0.1, 0.15) is 0 Å². The lowest BCUT2D eigenvalue weighted by molar-refractivity contribution is 0.278. The van der Waals surface area contributed by atoms with E-state index in [4.69, 9.17) is 0 Å². The Bertz CT molecular complexity index is 342. The maximum atomic E-state index is 3.66. The second-order valence-electron chi connectivity index (χ2n) is 5.32. The zero-order chi connectivity index (χ0) is 12.8. The first-order valence-electron chi connectivity index (χ1n) is 6.90. The Morgan fingerprint density at radius 3 is 2.78 bits per heavy atom. The molecule has 3 heteroatoms. The standard InChI is InChI=1S/C15H23BrN2/c1-18(11-13-6-8-14(16)9-7-13)12-15-5-3-2-4-10-17-15/h6-9,15,17H,2-5,10-12H2,1H3. The van der Waals surface area contributed by atoms with Gasteiger partial charge in [-0.3, -0.25) is 0 Å². The van der Waals surface area contributed by atoms with E-state index >= 15 is 0 Å². The van der Waals surface area contributed by atoms with Gasteiger partial charge in [0.05, 0.1) is 0 Å². The van der Waals surface area contributed by atoms with Crippen LogP contribution in [0, 0.1) is 0 Å². The van der Waals surface area contributed by atoms with Crippen molar-refractivity contribution in [3.63, 3.8) is 0 Å². The molecule has 0 aromatic heterocycles. The summed E-state index contributed by atoms with van der Waals surface area (Å²) in [5, 5.41) is 3.66. The summed E-state index contributed by atoms with van der Waals surface area (Å²) >= 11 is 3.48. The summed E-state index contributed by atoms with van der Waals surface area (Å²) in [4.78, 5) is 2.42. The van der Waals surface area contributed by atoms with Crippen molar-refractivity contribution in [3.05, 3.63) is 34.3 Å². The molecule has 2 nitrogen and oxygen atoms in total. The van der Waals surface area contributed by atoms with E-state index in [1.54, 1.807) is 0 Å². The minimum atomic E-state index is 0.674. The third kappa shape index (κ3) is 4.71. The fraction of sp³-hybridized carbons (Fsp3) is 0.600. The molecule has 1 aromatic rings. The molecule has 0 spiro atoms. The van der Waals surface area contributed by atoms with E-state index in [-0.39, 0.29) is 0 Å². The predicted octanol–water partition coefficient (Wildman–Crippen LogP) is 3.41. The zero-order valence-corrected chi connectivity index (χ0v) is 12.7. The molecule has 0 amide bonds. The Morgan fingerprint density at radius 1 is 1.22 bits per heavy atom. The van der Waals surface area contributed by atoms with Crippen molar-refractivity contribution in [2.24, 2.45) is 0 Å². The summed E-state index contributed by atoms with van der Waals surface area (Å²) < 4.78 is 1.15. The molecule has 0 saturated carbocycles. The fourth-order valence-corrected chi connectivity index (χ4v) is 2.86. The van der Waals surface area contributed by atoms with Gasteiger partial charge in [-0.2, -0.15) is 0 Å². The van der Waals surface area contributed by atoms with Gasteiger partial charge in [-0.05, 0) is 44.1 Å². The molecule has 1 fully saturated rings. The van der Waals surface area contributed by atoms with Gasteiger partial charge in [0.2, 0.25) is 0 Å². The Hall–Kier alpha value is -0.380.